The van der Waals surface area contributed by atoms with Crippen LogP contribution in [0.2, 0.25) is 0 Å². The molecule has 2 bridgehead atoms. The molecule has 3 amide bonds. The number of carbonyl (C=O) groups is 3. The summed E-state index contributed by atoms with van der Waals surface area (Å²) in [5, 5.41) is 17.5. The zero-order chi connectivity index (χ0) is 25.0. The molecular weight excluding hydrogens is 440 g/mol. The lowest BCUT2D eigenvalue weighted by atomic mass is 10.0. The van der Waals surface area contributed by atoms with E-state index in [-0.39, 0.29) is 18.7 Å². The Balaban J connectivity index is 2.15. The number of aliphatic carboxylic acids is 1. The molecule has 0 saturated carbocycles. The number of nitrogens with two attached hydrogens (primary N) is 1. The number of benzene rings is 1. The van der Waals surface area contributed by atoms with E-state index in [0.29, 0.717) is 39.2 Å². The second kappa shape index (κ2) is 13.8. The summed E-state index contributed by atoms with van der Waals surface area (Å²) in [6.07, 6.45) is 3.40. The van der Waals surface area contributed by atoms with Crippen molar-refractivity contribution in [1.82, 2.24) is 16.0 Å². The Bertz CT molecular complexity index is 799. The molecule has 190 valence electrons. The summed E-state index contributed by atoms with van der Waals surface area (Å²) in [4.78, 5) is 37.3. The number of fused-ring (bicyclic) bond motifs is 13. The summed E-state index contributed by atoms with van der Waals surface area (Å²) in [7, 11) is 0. The molecule has 6 N–H and O–H groups in total. The normalized spacial score (nSPS) is 20.0. The first-order chi connectivity index (χ1) is 16.2. The zero-order valence-electron chi connectivity index (χ0n) is 20.1. The van der Waals surface area contributed by atoms with E-state index in [1.807, 2.05) is 38.1 Å². The van der Waals surface area contributed by atoms with Crippen molar-refractivity contribution < 1.29 is 29.0 Å². The summed E-state index contributed by atoms with van der Waals surface area (Å²) < 4.78 is 11.5. The van der Waals surface area contributed by atoms with Crippen LogP contribution in [0.1, 0.15) is 51.5 Å². The number of nitrogens with one attached hydrogen (secondary N) is 3. The van der Waals surface area contributed by atoms with Gasteiger partial charge in [0.25, 0.3) is 0 Å². The monoisotopic (exact) mass is 478 g/mol. The number of hydrogen-bond donors (Lipinski definition) is 5. The summed E-state index contributed by atoms with van der Waals surface area (Å²) in [6, 6.07) is 4.65. The molecule has 1 aromatic rings. The summed E-state index contributed by atoms with van der Waals surface area (Å²) in [5.74, 6) is -0.791. The SMILES string of the molecule is CC1(C)COCCCCOc2ccc(cc2)C[C@@H](NC(=O)N[C@@H](CCCCN)C(=O)O)C(=O)N1. The fraction of sp³-hybridized carbons (Fsp3) is 0.625. The molecule has 3 rings (SSSR count). The molecule has 0 fully saturated rings. The van der Waals surface area contributed by atoms with Gasteiger partial charge in [-0.15, -0.1) is 0 Å². The fourth-order valence-electron chi connectivity index (χ4n) is 3.56. The standard InChI is InChI=1S/C24H38N4O6/c1-24(2)16-33-13-5-6-14-34-18-10-8-17(9-11-18)15-20(21(29)28-24)27-23(32)26-19(22(30)31)7-3-4-12-25/h8-11,19-20H,3-7,12-16,25H2,1-2H3,(H,28,29)(H,30,31)(H2,26,27,32)/t19-,20+/m0/s1. The molecule has 10 heteroatoms. The fourth-order valence-corrected chi connectivity index (χ4v) is 3.56. The Kier molecular flexibility index (Phi) is 11.1. The Morgan fingerprint density at radius 2 is 1.91 bits per heavy atom. The molecule has 34 heavy (non-hydrogen) atoms. The molecule has 0 spiro atoms. The molecule has 0 aromatic heterocycles. The number of urea groups is 1. The Labute approximate surface area is 200 Å². The Hall–Kier alpha value is -2.85. The molecule has 1 aromatic carbocycles. The maximum absolute atomic E-state index is 13.1. The van der Waals surface area contributed by atoms with Crippen LogP contribution >= 0.6 is 0 Å². The van der Waals surface area contributed by atoms with E-state index in [4.69, 9.17) is 15.2 Å². The highest BCUT2D eigenvalue weighted by atomic mass is 16.5. The van der Waals surface area contributed by atoms with Crippen molar-refractivity contribution in [2.45, 2.75) is 70.0 Å². The van der Waals surface area contributed by atoms with Gasteiger partial charge in [-0.25, -0.2) is 9.59 Å². The van der Waals surface area contributed by atoms with Gasteiger partial charge >= 0.3 is 12.0 Å². The van der Waals surface area contributed by atoms with Crippen molar-refractivity contribution in [2.24, 2.45) is 5.73 Å². The van der Waals surface area contributed by atoms with Crippen LogP contribution in [-0.4, -0.2) is 67.0 Å². The van der Waals surface area contributed by atoms with Crippen molar-refractivity contribution in [3.05, 3.63) is 29.8 Å². The predicted molar refractivity (Wildman–Crippen MR) is 128 cm³/mol. The van der Waals surface area contributed by atoms with Crippen molar-refractivity contribution in [1.29, 1.82) is 0 Å². The minimum Gasteiger partial charge on any atom is -0.494 e. The zero-order valence-corrected chi connectivity index (χ0v) is 20.1. The second-order valence-corrected chi connectivity index (χ2v) is 9.18. The molecule has 0 radical (unpaired) electrons. The third-order valence-corrected chi connectivity index (χ3v) is 5.41. The summed E-state index contributed by atoms with van der Waals surface area (Å²) in [6.45, 7) is 5.59. The number of ether oxygens (including phenoxy) is 2. The topological polar surface area (TPSA) is 152 Å². The first kappa shape index (κ1) is 27.4. The molecule has 0 saturated heterocycles. The van der Waals surface area contributed by atoms with Gasteiger partial charge in [0.15, 0.2) is 0 Å². The van der Waals surface area contributed by atoms with Crippen LogP contribution in [0.5, 0.6) is 5.75 Å². The van der Waals surface area contributed by atoms with Crippen LogP contribution in [0.15, 0.2) is 24.3 Å². The third kappa shape index (κ3) is 9.96. The van der Waals surface area contributed by atoms with E-state index in [1.165, 1.54) is 0 Å². The van der Waals surface area contributed by atoms with Crippen LogP contribution in [0.3, 0.4) is 0 Å². The maximum Gasteiger partial charge on any atom is 0.326 e. The Morgan fingerprint density at radius 3 is 2.59 bits per heavy atom. The van der Waals surface area contributed by atoms with Crippen LogP contribution < -0.4 is 26.4 Å². The number of carboxylic acids is 1. The predicted octanol–water partition coefficient (Wildman–Crippen LogP) is 1.56. The van der Waals surface area contributed by atoms with Crippen molar-refractivity contribution in [3.8, 4) is 5.75 Å². The first-order valence-electron chi connectivity index (χ1n) is 11.8. The molecule has 2 atom stereocenters. The number of carbonyl (C=O) groups excluding carboxylic acids is 2. The van der Waals surface area contributed by atoms with Crippen molar-refractivity contribution in [2.75, 3.05) is 26.4 Å². The van der Waals surface area contributed by atoms with Crippen LogP contribution in [-0.2, 0) is 20.7 Å². The highest BCUT2D eigenvalue weighted by Crippen LogP contribution is 2.15. The van der Waals surface area contributed by atoms with E-state index in [2.05, 4.69) is 16.0 Å². The van der Waals surface area contributed by atoms with Crippen LogP contribution in [0.4, 0.5) is 4.79 Å². The highest BCUT2D eigenvalue weighted by Gasteiger charge is 2.29. The van der Waals surface area contributed by atoms with Gasteiger partial charge in [0.2, 0.25) is 5.91 Å². The maximum atomic E-state index is 13.1. The smallest absolute Gasteiger partial charge is 0.326 e. The summed E-state index contributed by atoms with van der Waals surface area (Å²) >= 11 is 0. The van der Waals surface area contributed by atoms with Gasteiger partial charge < -0.3 is 36.3 Å². The lowest BCUT2D eigenvalue weighted by Crippen LogP contribution is -2.58. The molecule has 0 aliphatic carbocycles. The number of amides is 3. The van der Waals surface area contributed by atoms with Gasteiger partial charge in [-0.3, -0.25) is 4.79 Å². The van der Waals surface area contributed by atoms with Gasteiger partial charge in [0.1, 0.15) is 17.8 Å². The van der Waals surface area contributed by atoms with E-state index >= 15 is 0 Å². The second-order valence-electron chi connectivity index (χ2n) is 9.18. The minimum atomic E-state index is -1.14. The Morgan fingerprint density at radius 1 is 1.21 bits per heavy atom. The lowest BCUT2D eigenvalue weighted by molar-refractivity contribution is -0.139. The van der Waals surface area contributed by atoms with Crippen molar-refractivity contribution in [3.63, 3.8) is 0 Å². The molecular formula is C24H38N4O6. The lowest BCUT2D eigenvalue weighted by Gasteiger charge is -2.29. The quantitative estimate of drug-likeness (QED) is 0.373. The van der Waals surface area contributed by atoms with E-state index in [0.717, 1.165) is 24.2 Å². The molecule has 2 aliphatic heterocycles. The van der Waals surface area contributed by atoms with E-state index in [1.54, 1.807) is 0 Å². The van der Waals surface area contributed by atoms with Gasteiger partial charge in [-0.1, -0.05) is 12.1 Å². The molecule has 10 nitrogen and oxygen atoms in total. The molecule has 2 heterocycles. The van der Waals surface area contributed by atoms with Crippen molar-refractivity contribution >= 4 is 17.9 Å². The minimum absolute atomic E-state index is 0.224. The van der Waals surface area contributed by atoms with E-state index < -0.39 is 29.6 Å². The average Bonchev–Trinajstić information content (AvgIpc) is 2.77. The number of unbranched alkanes of at least 4 members (excludes halogenated alkanes) is 1. The third-order valence-electron chi connectivity index (χ3n) is 5.41. The van der Waals surface area contributed by atoms with Gasteiger partial charge in [0, 0.05) is 13.0 Å². The van der Waals surface area contributed by atoms with Crippen LogP contribution in [0.25, 0.3) is 0 Å². The van der Waals surface area contributed by atoms with Gasteiger partial charge in [-0.2, -0.15) is 0 Å². The summed E-state index contributed by atoms with van der Waals surface area (Å²) in [5.41, 5.74) is 5.64. The van der Waals surface area contributed by atoms with Crippen LogP contribution in [0, 0.1) is 0 Å². The largest absolute Gasteiger partial charge is 0.494 e. The number of rotatable bonds is 7. The molecule has 2 aliphatic rings. The van der Waals surface area contributed by atoms with Gasteiger partial charge in [0.05, 0.1) is 18.8 Å². The first-order valence-corrected chi connectivity index (χ1v) is 11.8. The number of hydrogen-bond acceptors (Lipinski definition) is 6. The number of carboxylic acid groups (broad SMARTS) is 1. The molecule has 0 unspecified atom stereocenters. The average molecular weight is 479 g/mol. The van der Waals surface area contributed by atoms with E-state index in [9.17, 15) is 19.5 Å². The highest BCUT2D eigenvalue weighted by molar-refractivity contribution is 5.89. The van der Waals surface area contributed by atoms with Gasteiger partial charge in [-0.05, 0) is 70.2 Å².